The molecule has 98 valence electrons. The molecule has 1 heteroatoms. The maximum Gasteiger partial charge on any atom is 0.155 e. The molecule has 0 fully saturated rings. The van der Waals surface area contributed by atoms with Gasteiger partial charge in [-0.1, -0.05) is 61.5 Å². The number of carbonyl (C=O) groups is 1. The Bertz CT molecular complexity index is 758. The molecule has 0 atom stereocenters. The van der Waals surface area contributed by atoms with Crippen LogP contribution in [0.2, 0.25) is 0 Å². The molecule has 0 saturated heterocycles. The summed E-state index contributed by atoms with van der Waals surface area (Å²) < 4.78 is 0. The lowest BCUT2D eigenvalue weighted by molar-refractivity contribution is -0.114. The van der Waals surface area contributed by atoms with E-state index in [0.29, 0.717) is 6.42 Å². The van der Waals surface area contributed by atoms with Gasteiger partial charge in [-0.15, -0.1) is 0 Å². The van der Waals surface area contributed by atoms with E-state index in [1.807, 2.05) is 37.3 Å². The van der Waals surface area contributed by atoms with Gasteiger partial charge in [0.05, 0.1) is 0 Å². The third-order valence-corrected chi connectivity index (χ3v) is 3.60. The van der Waals surface area contributed by atoms with E-state index in [2.05, 4.69) is 30.3 Å². The van der Waals surface area contributed by atoms with Gasteiger partial charge in [0.2, 0.25) is 0 Å². The Hall–Kier alpha value is -2.41. The first-order valence-electron chi connectivity index (χ1n) is 6.91. The number of allylic oxidation sites excluding steroid dienone is 1. The summed E-state index contributed by atoms with van der Waals surface area (Å²) in [6, 6.07) is 18.8. The van der Waals surface area contributed by atoms with Gasteiger partial charge in [-0.25, -0.2) is 0 Å². The Labute approximate surface area is 118 Å². The highest BCUT2D eigenvalue weighted by molar-refractivity contribution is 6.08. The van der Waals surface area contributed by atoms with Crippen LogP contribution in [-0.4, -0.2) is 5.78 Å². The average Bonchev–Trinajstić information content (AvgIpc) is 2.51. The van der Waals surface area contributed by atoms with Crippen molar-refractivity contribution in [2.24, 2.45) is 0 Å². The normalized spacial score (nSPS) is 11.4. The van der Waals surface area contributed by atoms with Gasteiger partial charge in [0.15, 0.2) is 5.78 Å². The summed E-state index contributed by atoms with van der Waals surface area (Å²) in [6.45, 7) is 1.88. The van der Waals surface area contributed by atoms with Crippen LogP contribution in [0.25, 0.3) is 27.6 Å². The first kappa shape index (κ1) is 12.6. The molecule has 0 bridgehead atoms. The molecule has 20 heavy (non-hydrogen) atoms. The molecule has 3 aromatic rings. The molecule has 0 amide bonds. The van der Waals surface area contributed by atoms with Gasteiger partial charge in [0, 0.05) is 6.42 Å². The number of carbonyl (C=O) groups excluding carboxylic acids is 1. The molecule has 3 rings (SSSR count). The third-order valence-electron chi connectivity index (χ3n) is 3.60. The van der Waals surface area contributed by atoms with Crippen LogP contribution >= 0.6 is 0 Å². The monoisotopic (exact) mass is 260 g/mol. The Morgan fingerprint density at radius 2 is 1.50 bits per heavy atom. The van der Waals surface area contributed by atoms with Crippen molar-refractivity contribution in [1.29, 1.82) is 0 Å². The minimum absolute atomic E-state index is 0.155. The molecule has 1 nitrogen and oxygen atoms in total. The predicted octanol–water partition coefficient (Wildman–Crippen LogP) is 4.99. The maximum absolute atomic E-state index is 11.6. The van der Waals surface area contributed by atoms with Crippen molar-refractivity contribution >= 4 is 33.4 Å². The highest BCUT2D eigenvalue weighted by Crippen LogP contribution is 2.29. The Morgan fingerprint density at radius 1 is 0.950 bits per heavy atom. The minimum atomic E-state index is 0.155. The molecular formula is C19H16O. The van der Waals surface area contributed by atoms with Crippen molar-refractivity contribution in [2.45, 2.75) is 13.3 Å². The fourth-order valence-electron chi connectivity index (χ4n) is 2.52. The van der Waals surface area contributed by atoms with Crippen molar-refractivity contribution in [3.63, 3.8) is 0 Å². The molecule has 0 aromatic heterocycles. The number of hydrogen-bond acceptors (Lipinski definition) is 1. The van der Waals surface area contributed by atoms with E-state index in [9.17, 15) is 4.79 Å². The number of fused-ring (bicyclic) bond motifs is 2. The van der Waals surface area contributed by atoms with E-state index in [1.165, 1.54) is 21.5 Å². The van der Waals surface area contributed by atoms with Gasteiger partial charge < -0.3 is 0 Å². The van der Waals surface area contributed by atoms with Crippen LogP contribution in [0, 0.1) is 0 Å². The number of benzene rings is 3. The molecule has 0 heterocycles. The van der Waals surface area contributed by atoms with Gasteiger partial charge in [-0.05, 0) is 39.3 Å². The summed E-state index contributed by atoms with van der Waals surface area (Å²) in [6.07, 6.45) is 4.18. The van der Waals surface area contributed by atoms with Gasteiger partial charge in [-0.2, -0.15) is 0 Å². The molecule has 0 aliphatic heterocycles. The molecule has 0 aliphatic carbocycles. The Kier molecular flexibility index (Phi) is 3.34. The SMILES string of the molecule is CCC(=O)/C=C/c1c2ccccc2cc2ccccc12. The van der Waals surface area contributed by atoms with E-state index < -0.39 is 0 Å². The van der Waals surface area contributed by atoms with Crippen LogP contribution in [-0.2, 0) is 4.79 Å². The van der Waals surface area contributed by atoms with Crippen molar-refractivity contribution in [2.75, 3.05) is 0 Å². The van der Waals surface area contributed by atoms with Crippen molar-refractivity contribution in [3.05, 3.63) is 66.2 Å². The van der Waals surface area contributed by atoms with Crippen molar-refractivity contribution in [3.8, 4) is 0 Å². The van der Waals surface area contributed by atoms with Gasteiger partial charge in [0.1, 0.15) is 0 Å². The second-order valence-electron chi connectivity index (χ2n) is 4.89. The van der Waals surface area contributed by atoms with Crippen LogP contribution in [0.15, 0.2) is 60.7 Å². The van der Waals surface area contributed by atoms with E-state index in [0.717, 1.165) is 5.56 Å². The zero-order valence-electron chi connectivity index (χ0n) is 11.5. The van der Waals surface area contributed by atoms with Crippen LogP contribution in [0.3, 0.4) is 0 Å². The average molecular weight is 260 g/mol. The second-order valence-corrected chi connectivity index (χ2v) is 4.89. The lowest BCUT2D eigenvalue weighted by Crippen LogP contribution is -1.88. The van der Waals surface area contributed by atoms with E-state index in [-0.39, 0.29) is 5.78 Å². The van der Waals surface area contributed by atoms with Crippen LogP contribution in [0.1, 0.15) is 18.9 Å². The Balaban J connectivity index is 2.33. The first-order valence-corrected chi connectivity index (χ1v) is 6.91. The van der Waals surface area contributed by atoms with Crippen LogP contribution < -0.4 is 0 Å². The molecular weight excluding hydrogens is 244 g/mol. The van der Waals surface area contributed by atoms with Crippen LogP contribution in [0.4, 0.5) is 0 Å². The molecule has 0 aliphatic rings. The minimum Gasteiger partial charge on any atom is -0.295 e. The largest absolute Gasteiger partial charge is 0.295 e. The lowest BCUT2D eigenvalue weighted by atomic mass is 9.96. The van der Waals surface area contributed by atoms with Crippen LogP contribution in [0.5, 0.6) is 0 Å². The molecule has 3 aromatic carbocycles. The van der Waals surface area contributed by atoms with Gasteiger partial charge >= 0.3 is 0 Å². The fourth-order valence-corrected chi connectivity index (χ4v) is 2.52. The summed E-state index contributed by atoms with van der Waals surface area (Å²) in [5, 5.41) is 4.78. The highest BCUT2D eigenvalue weighted by Gasteiger charge is 2.04. The third kappa shape index (κ3) is 2.23. The first-order chi connectivity index (χ1) is 9.79. The van der Waals surface area contributed by atoms with E-state index in [1.54, 1.807) is 6.08 Å². The quantitative estimate of drug-likeness (QED) is 0.479. The summed E-state index contributed by atoms with van der Waals surface area (Å²) in [5.74, 6) is 0.155. The summed E-state index contributed by atoms with van der Waals surface area (Å²) in [4.78, 5) is 11.6. The second kappa shape index (κ2) is 5.30. The van der Waals surface area contributed by atoms with Gasteiger partial charge in [0.25, 0.3) is 0 Å². The predicted molar refractivity (Wildman–Crippen MR) is 85.8 cm³/mol. The molecule has 0 N–H and O–H groups in total. The molecule has 0 radical (unpaired) electrons. The van der Waals surface area contributed by atoms with Crippen molar-refractivity contribution in [1.82, 2.24) is 0 Å². The Morgan fingerprint density at radius 3 is 2.05 bits per heavy atom. The summed E-state index contributed by atoms with van der Waals surface area (Å²) >= 11 is 0. The number of hydrogen-bond donors (Lipinski definition) is 0. The number of ketones is 1. The zero-order chi connectivity index (χ0) is 13.9. The smallest absolute Gasteiger partial charge is 0.155 e. The zero-order valence-corrected chi connectivity index (χ0v) is 11.5. The van der Waals surface area contributed by atoms with E-state index in [4.69, 9.17) is 0 Å². The fraction of sp³-hybridized carbons (Fsp3) is 0.105. The van der Waals surface area contributed by atoms with Crippen molar-refractivity contribution < 1.29 is 4.79 Å². The summed E-state index contributed by atoms with van der Waals surface area (Å²) in [5.41, 5.74) is 1.13. The summed E-state index contributed by atoms with van der Waals surface area (Å²) in [7, 11) is 0. The number of rotatable bonds is 3. The van der Waals surface area contributed by atoms with E-state index >= 15 is 0 Å². The maximum atomic E-state index is 11.6. The lowest BCUT2D eigenvalue weighted by Gasteiger charge is -2.08. The molecule has 0 spiro atoms. The van der Waals surface area contributed by atoms with Gasteiger partial charge in [-0.3, -0.25) is 4.79 Å². The molecule has 0 unspecified atom stereocenters. The topological polar surface area (TPSA) is 17.1 Å². The molecule has 0 saturated carbocycles. The standard InChI is InChI=1S/C19H16O/c1-2-16(20)11-12-19-17-9-5-3-7-14(17)13-15-8-4-6-10-18(15)19/h3-13H,2H2,1H3/b12-11+. The highest BCUT2D eigenvalue weighted by atomic mass is 16.1.